The van der Waals surface area contributed by atoms with Crippen LogP contribution in [0.25, 0.3) is 0 Å². The molecule has 1 unspecified atom stereocenters. The van der Waals surface area contributed by atoms with E-state index in [1.54, 1.807) is 0 Å². The van der Waals surface area contributed by atoms with Crippen molar-refractivity contribution in [3.05, 3.63) is 11.6 Å². The molecular formula is C17H33IN6. The highest BCUT2D eigenvalue weighted by molar-refractivity contribution is 14.0. The molecule has 1 atom stereocenters. The van der Waals surface area contributed by atoms with E-state index in [-0.39, 0.29) is 24.0 Å². The van der Waals surface area contributed by atoms with Crippen LogP contribution in [0.3, 0.4) is 0 Å². The highest BCUT2D eigenvalue weighted by Gasteiger charge is 2.16. The second-order valence-corrected chi connectivity index (χ2v) is 7.71. The molecule has 2 N–H and O–H groups in total. The number of hydrogen-bond donors (Lipinski definition) is 2. The molecule has 1 aliphatic rings. The lowest BCUT2D eigenvalue weighted by molar-refractivity contribution is 0.346. The van der Waals surface area contributed by atoms with Gasteiger partial charge in [0, 0.05) is 26.1 Å². The quantitative estimate of drug-likeness (QED) is 0.413. The topological polar surface area (TPSA) is 67.1 Å². The maximum Gasteiger partial charge on any atom is 0.191 e. The minimum Gasteiger partial charge on any atom is -0.354 e. The first-order valence-corrected chi connectivity index (χ1v) is 8.77. The molecule has 1 aromatic heterocycles. The highest BCUT2D eigenvalue weighted by Crippen LogP contribution is 2.21. The molecule has 2 heterocycles. The maximum absolute atomic E-state index is 4.32. The van der Waals surface area contributed by atoms with E-state index >= 15 is 0 Å². The van der Waals surface area contributed by atoms with Crippen molar-refractivity contribution in [3.8, 4) is 0 Å². The number of aryl methyl sites for hydroxylation is 1. The summed E-state index contributed by atoms with van der Waals surface area (Å²) in [7, 11) is 1.81. The van der Waals surface area contributed by atoms with E-state index in [0.29, 0.717) is 18.0 Å². The van der Waals surface area contributed by atoms with Gasteiger partial charge in [0.05, 0.1) is 6.54 Å². The maximum atomic E-state index is 4.32. The number of rotatable bonds is 5. The Kier molecular flexibility index (Phi) is 8.45. The number of guanidine groups is 1. The van der Waals surface area contributed by atoms with E-state index in [2.05, 4.69) is 58.1 Å². The van der Waals surface area contributed by atoms with Crippen LogP contribution in [0.5, 0.6) is 0 Å². The van der Waals surface area contributed by atoms with Crippen LogP contribution in [-0.2, 0) is 19.5 Å². The van der Waals surface area contributed by atoms with E-state index in [9.17, 15) is 0 Å². The minimum atomic E-state index is 0. The zero-order chi connectivity index (χ0) is 16.9. The van der Waals surface area contributed by atoms with Gasteiger partial charge in [0.25, 0.3) is 0 Å². The summed E-state index contributed by atoms with van der Waals surface area (Å²) in [5.74, 6) is 2.96. The van der Waals surface area contributed by atoms with Crippen molar-refractivity contribution < 1.29 is 0 Å². The third-order valence-electron chi connectivity index (χ3n) is 4.28. The summed E-state index contributed by atoms with van der Waals surface area (Å²) in [6.07, 6.45) is 5.80. The van der Waals surface area contributed by atoms with Crippen LogP contribution in [0.1, 0.15) is 65.0 Å². The standard InChI is InChI=1S/C17H32N6.HI/c1-13(9-10-17(2,3)4)20-16(18-5)19-12-15-22-21-14-8-6-7-11-23(14)15;/h13H,6-12H2,1-5H3,(H2,18,19,20);1H. The van der Waals surface area contributed by atoms with Crippen molar-refractivity contribution in [3.63, 3.8) is 0 Å². The molecule has 1 aliphatic heterocycles. The molecule has 24 heavy (non-hydrogen) atoms. The lowest BCUT2D eigenvalue weighted by Crippen LogP contribution is -2.42. The zero-order valence-electron chi connectivity index (χ0n) is 15.7. The molecule has 7 heteroatoms. The molecule has 0 aliphatic carbocycles. The first-order chi connectivity index (χ1) is 10.9. The Balaban J connectivity index is 0.00000288. The number of aliphatic imine (C=N–C) groups is 1. The Morgan fingerprint density at radius 1 is 1.29 bits per heavy atom. The first kappa shape index (κ1) is 21.2. The van der Waals surface area contributed by atoms with Gasteiger partial charge >= 0.3 is 0 Å². The Hall–Kier alpha value is -0.860. The molecule has 0 amide bonds. The Morgan fingerprint density at radius 2 is 2.04 bits per heavy atom. The Labute approximate surface area is 163 Å². The van der Waals surface area contributed by atoms with Crippen molar-refractivity contribution in [1.29, 1.82) is 0 Å². The highest BCUT2D eigenvalue weighted by atomic mass is 127. The van der Waals surface area contributed by atoms with Gasteiger partial charge in [0.2, 0.25) is 0 Å². The fourth-order valence-corrected chi connectivity index (χ4v) is 2.81. The van der Waals surface area contributed by atoms with Gasteiger partial charge in [0.15, 0.2) is 11.8 Å². The van der Waals surface area contributed by atoms with Crippen LogP contribution in [-0.4, -0.2) is 33.8 Å². The van der Waals surface area contributed by atoms with Gasteiger partial charge in [-0.15, -0.1) is 34.2 Å². The predicted octanol–water partition coefficient (Wildman–Crippen LogP) is 3.11. The van der Waals surface area contributed by atoms with Crippen molar-refractivity contribution in [2.75, 3.05) is 7.05 Å². The van der Waals surface area contributed by atoms with Gasteiger partial charge in [0.1, 0.15) is 5.82 Å². The molecule has 138 valence electrons. The van der Waals surface area contributed by atoms with Gasteiger partial charge < -0.3 is 15.2 Å². The molecule has 0 saturated carbocycles. The number of hydrogen-bond acceptors (Lipinski definition) is 3. The zero-order valence-corrected chi connectivity index (χ0v) is 18.1. The molecule has 0 spiro atoms. The molecule has 0 aromatic carbocycles. The summed E-state index contributed by atoms with van der Waals surface area (Å²) in [6, 6.07) is 0.396. The molecule has 1 aromatic rings. The number of aromatic nitrogens is 3. The average Bonchev–Trinajstić information content (AvgIpc) is 2.92. The largest absolute Gasteiger partial charge is 0.354 e. The van der Waals surface area contributed by atoms with Crippen LogP contribution in [0.2, 0.25) is 0 Å². The summed E-state index contributed by atoms with van der Waals surface area (Å²) in [5.41, 5.74) is 0.369. The van der Waals surface area contributed by atoms with Crippen molar-refractivity contribution >= 4 is 29.9 Å². The summed E-state index contributed by atoms with van der Waals surface area (Å²) >= 11 is 0. The molecule has 0 bridgehead atoms. The molecule has 6 nitrogen and oxygen atoms in total. The molecule has 0 fully saturated rings. The fraction of sp³-hybridized carbons (Fsp3) is 0.824. The van der Waals surface area contributed by atoms with Crippen LogP contribution in [0.4, 0.5) is 0 Å². The summed E-state index contributed by atoms with van der Waals surface area (Å²) in [6.45, 7) is 10.7. The number of nitrogens with zero attached hydrogens (tertiary/aromatic N) is 4. The van der Waals surface area contributed by atoms with Crippen molar-refractivity contribution in [1.82, 2.24) is 25.4 Å². The number of halogens is 1. The third-order valence-corrected chi connectivity index (χ3v) is 4.28. The smallest absolute Gasteiger partial charge is 0.191 e. The minimum absolute atomic E-state index is 0. The molecule has 0 saturated heterocycles. The Bertz CT molecular complexity index is 532. The lowest BCUT2D eigenvalue weighted by Gasteiger charge is -2.23. The van der Waals surface area contributed by atoms with Crippen LogP contribution in [0.15, 0.2) is 4.99 Å². The molecule has 0 radical (unpaired) electrons. The molecule has 2 rings (SSSR count). The Morgan fingerprint density at radius 3 is 2.71 bits per heavy atom. The van der Waals surface area contributed by atoms with E-state index < -0.39 is 0 Å². The SMILES string of the molecule is CN=C(NCc1nnc2n1CCCC2)NC(C)CCC(C)(C)C.I. The summed E-state index contributed by atoms with van der Waals surface area (Å²) in [5, 5.41) is 15.4. The van der Waals surface area contributed by atoms with E-state index in [4.69, 9.17) is 0 Å². The van der Waals surface area contributed by atoms with Crippen molar-refractivity contribution in [2.45, 2.75) is 78.9 Å². The van der Waals surface area contributed by atoms with Gasteiger partial charge in [-0.2, -0.15) is 0 Å². The van der Waals surface area contributed by atoms with E-state index in [0.717, 1.165) is 37.0 Å². The average molecular weight is 448 g/mol. The van der Waals surface area contributed by atoms with Gasteiger partial charge in [-0.25, -0.2) is 0 Å². The second-order valence-electron chi connectivity index (χ2n) is 7.71. The number of nitrogens with one attached hydrogen (secondary N) is 2. The third kappa shape index (κ3) is 6.57. The van der Waals surface area contributed by atoms with E-state index in [1.807, 2.05) is 7.05 Å². The van der Waals surface area contributed by atoms with Crippen LogP contribution in [0, 0.1) is 5.41 Å². The normalized spacial score (nSPS) is 16.1. The van der Waals surface area contributed by atoms with E-state index in [1.165, 1.54) is 19.3 Å². The molecular weight excluding hydrogens is 415 g/mol. The monoisotopic (exact) mass is 448 g/mol. The predicted molar refractivity (Wildman–Crippen MR) is 110 cm³/mol. The summed E-state index contributed by atoms with van der Waals surface area (Å²) < 4.78 is 2.24. The number of fused-ring (bicyclic) bond motifs is 1. The van der Waals surface area contributed by atoms with Crippen LogP contribution >= 0.6 is 24.0 Å². The van der Waals surface area contributed by atoms with Crippen molar-refractivity contribution in [2.24, 2.45) is 10.4 Å². The second kappa shape index (κ2) is 9.58. The summed E-state index contributed by atoms with van der Waals surface area (Å²) in [4.78, 5) is 4.32. The first-order valence-electron chi connectivity index (χ1n) is 8.77. The van der Waals surface area contributed by atoms with Crippen LogP contribution < -0.4 is 10.6 Å². The van der Waals surface area contributed by atoms with Gasteiger partial charge in [-0.1, -0.05) is 20.8 Å². The van der Waals surface area contributed by atoms with Gasteiger partial charge in [-0.3, -0.25) is 4.99 Å². The lowest BCUT2D eigenvalue weighted by atomic mass is 9.89. The van der Waals surface area contributed by atoms with Gasteiger partial charge in [-0.05, 0) is 38.0 Å². The fourth-order valence-electron chi connectivity index (χ4n) is 2.81.